The van der Waals surface area contributed by atoms with Crippen molar-refractivity contribution in [2.24, 2.45) is 0 Å². The van der Waals surface area contributed by atoms with Crippen molar-refractivity contribution >= 4 is 39.4 Å². The van der Waals surface area contributed by atoms with Gasteiger partial charge in [-0.2, -0.15) is 0 Å². The molecule has 0 saturated heterocycles. The fourth-order valence-electron chi connectivity index (χ4n) is 1.77. The van der Waals surface area contributed by atoms with Crippen LogP contribution in [0.3, 0.4) is 0 Å². The minimum absolute atomic E-state index is 0.0155. The van der Waals surface area contributed by atoms with Crippen LogP contribution in [0, 0.1) is 0 Å². The maximum atomic E-state index is 11.8. The molecule has 0 aliphatic rings. The Morgan fingerprint density at radius 1 is 1.22 bits per heavy atom. The van der Waals surface area contributed by atoms with Gasteiger partial charge in [0, 0.05) is 16.0 Å². The van der Waals surface area contributed by atoms with E-state index >= 15 is 0 Å². The molecule has 2 aromatic carbocycles. The predicted molar refractivity (Wildman–Crippen MR) is 89.4 cm³/mol. The summed E-state index contributed by atoms with van der Waals surface area (Å²) in [5, 5.41) is 12.8. The minimum Gasteiger partial charge on any atom is -0.507 e. The molecule has 5 nitrogen and oxygen atoms in total. The highest BCUT2D eigenvalue weighted by molar-refractivity contribution is 9.10. The number of phenolic OH excluding ortho intramolecular Hbond substituents is 1. The molecule has 23 heavy (non-hydrogen) atoms. The number of ether oxygens (including phenoxy) is 1. The van der Waals surface area contributed by atoms with Gasteiger partial charge in [0.05, 0.1) is 0 Å². The van der Waals surface area contributed by atoms with Crippen molar-refractivity contribution in [3.63, 3.8) is 0 Å². The van der Waals surface area contributed by atoms with E-state index in [-0.39, 0.29) is 17.9 Å². The molecule has 2 N–H and O–H groups in total. The predicted octanol–water partition coefficient (Wildman–Crippen LogP) is 3.28. The fraction of sp³-hybridized carbons (Fsp3) is 0.125. The summed E-state index contributed by atoms with van der Waals surface area (Å²) in [6, 6.07) is 11.5. The highest BCUT2D eigenvalue weighted by Gasteiger charge is 2.15. The Morgan fingerprint density at radius 3 is 2.70 bits per heavy atom. The van der Waals surface area contributed by atoms with Crippen molar-refractivity contribution < 1.29 is 19.4 Å². The third-order valence-corrected chi connectivity index (χ3v) is 3.81. The zero-order valence-electron chi connectivity index (χ0n) is 11.9. The van der Waals surface area contributed by atoms with Crippen LogP contribution in [0.2, 0.25) is 5.02 Å². The lowest BCUT2D eigenvalue weighted by atomic mass is 10.2. The normalized spacial score (nSPS) is 10.2. The second-order valence-electron chi connectivity index (χ2n) is 4.61. The molecule has 0 aliphatic heterocycles. The second-order valence-corrected chi connectivity index (χ2v) is 5.93. The molecule has 1 amide bonds. The number of halogens is 2. The Kier molecular flexibility index (Phi) is 6.01. The first-order valence-electron chi connectivity index (χ1n) is 6.63. The summed E-state index contributed by atoms with van der Waals surface area (Å²) in [7, 11) is 0. The number of carbonyl (C=O) groups is 2. The Morgan fingerprint density at radius 2 is 1.96 bits per heavy atom. The summed E-state index contributed by atoms with van der Waals surface area (Å²) in [6.07, 6.45) is 0. The summed E-state index contributed by atoms with van der Waals surface area (Å²) in [6.45, 7) is -0.215. The number of carbonyl (C=O) groups excluding carboxylic acids is 2. The van der Waals surface area contributed by atoms with Crippen LogP contribution in [0.5, 0.6) is 5.75 Å². The zero-order valence-corrected chi connectivity index (χ0v) is 14.2. The second kappa shape index (κ2) is 7.99. The van der Waals surface area contributed by atoms with Crippen molar-refractivity contribution in [3.8, 4) is 5.75 Å². The molecule has 0 bridgehead atoms. The number of aromatic hydroxyl groups is 1. The third kappa shape index (κ3) is 4.97. The number of benzene rings is 2. The molecule has 0 atom stereocenters. The molecule has 0 spiro atoms. The standard InChI is InChI=1S/C16H13BrClNO4/c17-11-5-6-14(20)12(7-11)16(22)23-9-15(21)19-8-10-3-1-2-4-13(10)18/h1-7,20H,8-9H2,(H,19,21). The lowest BCUT2D eigenvalue weighted by Gasteiger charge is -2.08. The summed E-state index contributed by atoms with van der Waals surface area (Å²) in [5.41, 5.74) is 0.747. The van der Waals surface area contributed by atoms with Crippen LogP contribution >= 0.6 is 27.5 Å². The largest absolute Gasteiger partial charge is 0.507 e. The van der Waals surface area contributed by atoms with Gasteiger partial charge in [0.15, 0.2) is 6.61 Å². The number of esters is 1. The molecular weight excluding hydrogens is 386 g/mol. The molecule has 0 aromatic heterocycles. The minimum atomic E-state index is -0.781. The SMILES string of the molecule is O=C(COC(=O)c1cc(Br)ccc1O)NCc1ccccc1Cl. The van der Waals surface area contributed by atoms with Crippen LogP contribution in [-0.2, 0) is 16.1 Å². The van der Waals surface area contributed by atoms with E-state index in [0.717, 1.165) is 5.56 Å². The summed E-state index contributed by atoms with van der Waals surface area (Å²) in [4.78, 5) is 23.6. The Balaban J connectivity index is 1.86. The van der Waals surface area contributed by atoms with Gasteiger partial charge in [-0.15, -0.1) is 0 Å². The van der Waals surface area contributed by atoms with Crippen molar-refractivity contribution in [1.82, 2.24) is 5.32 Å². The van der Waals surface area contributed by atoms with Crippen molar-refractivity contribution in [3.05, 3.63) is 63.1 Å². The quantitative estimate of drug-likeness (QED) is 0.758. The fourth-order valence-corrected chi connectivity index (χ4v) is 2.33. The topological polar surface area (TPSA) is 75.6 Å². The lowest BCUT2D eigenvalue weighted by Crippen LogP contribution is -2.28. The molecule has 0 unspecified atom stereocenters. The van der Waals surface area contributed by atoms with E-state index in [1.165, 1.54) is 12.1 Å². The molecule has 0 saturated carbocycles. The lowest BCUT2D eigenvalue weighted by molar-refractivity contribution is -0.124. The average Bonchev–Trinajstić information content (AvgIpc) is 2.54. The molecule has 120 valence electrons. The number of hydrogen-bond acceptors (Lipinski definition) is 4. The van der Waals surface area contributed by atoms with Gasteiger partial charge in [-0.05, 0) is 29.8 Å². The molecule has 0 heterocycles. The molecule has 0 aliphatic carbocycles. The maximum Gasteiger partial charge on any atom is 0.342 e. The van der Waals surface area contributed by atoms with Crippen LogP contribution < -0.4 is 5.32 Å². The van der Waals surface area contributed by atoms with E-state index in [4.69, 9.17) is 16.3 Å². The molecule has 0 fully saturated rings. The smallest absolute Gasteiger partial charge is 0.342 e. The first-order valence-corrected chi connectivity index (χ1v) is 7.80. The van der Waals surface area contributed by atoms with E-state index < -0.39 is 18.5 Å². The van der Waals surface area contributed by atoms with Crippen molar-refractivity contribution in [2.45, 2.75) is 6.54 Å². The van der Waals surface area contributed by atoms with Gasteiger partial charge in [-0.25, -0.2) is 4.79 Å². The van der Waals surface area contributed by atoms with Gasteiger partial charge in [0.2, 0.25) is 0 Å². The summed E-state index contributed by atoms with van der Waals surface area (Å²) < 4.78 is 5.50. The van der Waals surface area contributed by atoms with E-state index in [9.17, 15) is 14.7 Å². The first kappa shape index (κ1) is 17.3. The Hall–Kier alpha value is -2.05. The molecule has 0 radical (unpaired) electrons. The van der Waals surface area contributed by atoms with Gasteiger partial charge >= 0.3 is 5.97 Å². The number of amides is 1. The molecule has 2 rings (SSSR count). The van der Waals surface area contributed by atoms with Crippen LogP contribution in [0.1, 0.15) is 15.9 Å². The maximum absolute atomic E-state index is 11.8. The van der Waals surface area contributed by atoms with Crippen LogP contribution in [0.25, 0.3) is 0 Å². The highest BCUT2D eigenvalue weighted by Crippen LogP contribution is 2.22. The van der Waals surface area contributed by atoms with Crippen LogP contribution in [-0.4, -0.2) is 23.6 Å². The Bertz CT molecular complexity index is 736. The van der Waals surface area contributed by atoms with Crippen molar-refractivity contribution in [1.29, 1.82) is 0 Å². The number of phenols is 1. The van der Waals surface area contributed by atoms with Gasteiger partial charge in [-0.1, -0.05) is 45.7 Å². The summed E-state index contributed by atoms with van der Waals surface area (Å²) in [5.74, 6) is -1.46. The van der Waals surface area contributed by atoms with E-state index in [0.29, 0.717) is 9.50 Å². The van der Waals surface area contributed by atoms with E-state index in [1.54, 1.807) is 24.3 Å². The third-order valence-electron chi connectivity index (χ3n) is 2.95. The van der Waals surface area contributed by atoms with E-state index in [2.05, 4.69) is 21.2 Å². The van der Waals surface area contributed by atoms with E-state index in [1.807, 2.05) is 6.07 Å². The van der Waals surface area contributed by atoms with Gasteiger partial charge < -0.3 is 15.2 Å². The Labute approximate surface area is 146 Å². The summed E-state index contributed by atoms with van der Waals surface area (Å²) >= 11 is 9.17. The first-order chi connectivity index (χ1) is 11.0. The monoisotopic (exact) mass is 397 g/mol. The zero-order chi connectivity index (χ0) is 16.8. The molecule has 2 aromatic rings. The van der Waals surface area contributed by atoms with Gasteiger partial charge in [-0.3, -0.25) is 4.79 Å². The highest BCUT2D eigenvalue weighted by atomic mass is 79.9. The number of nitrogens with one attached hydrogen (secondary N) is 1. The molecule has 7 heteroatoms. The number of rotatable bonds is 5. The van der Waals surface area contributed by atoms with Crippen molar-refractivity contribution in [2.75, 3.05) is 6.61 Å². The molecular formula is C16H13BrClNO4. The van der Waals surface area contributed by atoms with Gasteiger partial charge in [0.25, 0.3) is 5.91 Å². The van der Waals surface area contributed by atoms with Crippen LogP contribution in [0.4, 0.5) is 0 Å². The van der Waals surface area contributed by atoms with Gasteiger partial charge in [0.1, 0.15) is 11.3 Å². The number of hydrogen-bond donors (Lipinski definition) is 2. The van der Waals surface area contributed by atoms with Crippen LogP contribution in [0.15, 0.2) is 46.9 Å². The average molecular weight is 399 g/mol.